The van der Waals surface area contributed by atoms with Gasteiger partial charge in [-0.25, -0.2) is 0 Å². The molecule has 6 heterocycles. The molecule has 13 heteroatoms. The van der Waals surface area contributed by atoms with Crippen LogP contribution in [0, 0.1) is 0 Å². The smallest absolute Gasteiger partial charge is 0.264 e. The summed E-state index contributed by atoms with van der Waals surface area (Å²) in [5.74, 6) is 0.945. The number of hydrogen-bond acceptors (Lipinski definition) is 8. The average molecular weight is 801 g/mol. The molecule has 0 aliphatic carbocycles. The maximum Gasteiger partial charge on any atom is 0.264 e. The normalized spacial score (nSPS) is 17.4. The maximum atomic E-state index is 15.3. The number of rotatable bonds is 7. The van der Waals surface area contributed by atoms with Gasteiger partial charge in [0.1, 0.15) is 5.75 Å². The number of morpholine rings is 1. The Kier molecular flexibility index (Phi) is 10.1. The summed E-state index contributed by atoms with van der Waals surface area (Å²) in [6, 6.07) is 26.6. The summed E-state index contributed by atoms with van der Waals surface area (Å²) in [5.41, 5.74) is 8.20. The number of hydrogen-bond donors (Lipinski definition) is 1. The molecule has 0 unspecified atom stereocenters. The minimum absolute atomic E-state index is 0. The highest BCUT2D eigenvalue weighted by Crippen LogP contribution is 2.43. The number of carbonyl (C=O) groups is 2. The van der Waals surface area contributed by atoms with Gasteiger partial charge in [0.15, 0.2) is 11.5 Å². The largest absolute Gasteiger partial charge is 0.508 e. The van der Waals surface area contributed by atoms with Gasteiger partial charge in [0, 0.05) is 73.8 Å². The fourth-order valence-corrected chi connectivity index (χ4v) is 9.04. The van der Waals surface area contributed by atoms with E-state index in [0.717, 1.165) is 66.8 Å². The lowest BCUT2D eigenvalue weighted by Crippen LogP contribution is -2.52. The Hall–Kier alpha value is -5.82. The summed E-state index contributed by atoms with van der Waals surface area (Å²) in [5, 5.41) is 15.5. The summed E-state index contributed by atoms with van der Waals surface area (Å²) in [6.45, 7) is 5.06. The lowest BCUT2D eigenvalue weighted by Gasteiger charge is -2.40. The van der Waals surface area contributed by atoms with Gasteiger partial charge in [-0.1, -0.05) is 24.3 Å². The van der Waals surface area contributed by atoms with E-state index >= 15 is 9.59 Å². The number of carbonyl (C=O) groups excluding carboxylic acids is 2. The van der Waals surface area contributed by atoms with Crippen LogP contribution in [0.3, 0.4) is 0 Å². The second-order valence-corrected chi connectivity index (χ2v) is 15.4. The van der Waals surface area contributed by atoms with Crippen LogP contribution >= 0.6 is 12.4 Å². The van der Waals surface area contributed by atoms with E-state index in [1.165, 1.54) is 5.56 Å². The van der Waals surface area contributed by atoms with Crippen molar-refractivity contribution in [3.8, 4) is 28.5 Å². The predicted octanol–water partition coefficient (Wildman–Crippen LogP) is 7.11. The second-order valence-electron chi connectivity index (χ2n) is 15.4. The third-order valence-corrected chi connectivity index (χ3v) is 12.0. The van der Waals surface area contributed by atoms with Gasteiger partial charge in [0.25, 0.3) is 11.8 Å². The van der Waals surface area contributed by atoms with Crippen molar-refractivity contribution >= 4 is 46.5 Å². The number of halogens is 1. The molecular formula is C45H45ClN6O6. The van der Waals surface area contributed by atoms with E-state index in [1.54, 1.807) is 40.0 Å². The van der Waals surface area contributed by atoms with Crippen LogP contribution in [0.25, 0.3) is 22.2 Å². The lowest BCUT2D eigenvalue weighted by atomic mass is 9.92. The van der Waals surface area contributed by atoms with Crippen molar-refractivity contribution in [1.82, 2.24) is 24.1 Å². The molecule has 298 valence electrons. The second kappa shape index (κ2) is 15.5. The molecule has 12 nitrogen and oxygen atoms in total. The summed E-state index contributed by atoms with van der Waals surface area (Å²) in [4.78, 5) is 36.6. The molecule has 0 saturated carbocycles. The molecule has 6 aromatic rings. The zero-order valence-corrected chi connectivity index (χ0v) is 33.1. The first-order chi connectivity index (χ1) is 27.9. The first-order valence-corrected chi connectivity index (χ1v) is 19.8. The molecule has 1 N–H and O–H groups in total. The maximum absolute atomic E-state index is 15.3. The molecule has 58 heavy (non-hydrogen) atoms. The number of nitrogens with zero attached hydrogens (tertiary/aromatic N) is 6. The summed E-state index contributed by atoms with van der Waals surface area (Å²) < 4.78 is 21.5. The number of anilines is 2. The van der Waals surface area contributed by atoms with Gasteiger partial charge >= 0.3 is 0 Å². The van der Waals surface area contributed by atoms with Gasteiger partial charge < -0.3 is 28.8 Å². The lowest BCUT2D eigenvalue weighted by molar-refractivity contribution is 0.0193. The van der Waals surface area contributed by atoms with E-state index < -0.39 is 0 Å². The van der Waals surface area contributed by atoms with Gasteiger partial charge in [0.2, 0.25) is 6.79 Å². The SMILES string of the molecule is Cl.Cn1ncc2cc(N(C(=O)c3cc(-c4cc5c(cc4C(=O)N4Cc6ccccc6C[C@H]4CN4CCOCC4)OCO5)n4c3CCCC4)c3ccc(O)cc3)ccc21. The Morgan fingerprint density at radius 2 is 1.62 bits per heavy atom. The standard InChI is InChI=1S/C45H44N6O6.ClH/c1-47-39-14-11-33(21-31(39)25-46-47)51(32-9-12-35(52)13-10-32)45(54)38-22-41(49-15-5-4-8-40(38)49)36-23-42-43(57-28-56-42)24-37(36)44(53)50-26-30-7-3-2-6-29(30)20-34(50)27-48-16-18-55-19-17-48;/h2-3,6-7,9-14,21-25,34,52H,4-5,8,15-20,26-28H2,1H3;1H/t34-;/m0./s1. The quantitative estimate of drug-likeness (QED) is 0.182. The minimum Gasteiger partial charge on any atom is -0.508 e. The van der Waals surface area contributed by atoms with Crippen molar-refractivity contribution in [2.24, 2.45) is 7.05 Å². The Balaban J connectivity index is 0.00000436. The van der Waals surface area contributed by atoms with Crippen LogP contribution in [0.2, 0.25) is 0 Å². The highest BCUT2D eigenvalue weighted by Gasteiger charge is 2.36. The Morgan fingerprint density at radius 3 is 2.43 bits per heavy atom. The molecule has 0 radical (unpaired) electrons. The van der Waals surface area contributed by atoms with Crippen LogP contribution < -0.4 is 14.4 Å². The van der Waals surface area contributed by atoms with E-state index in [9.17, 15) is 5.11 Å². The number of amides is 2. The molecule has 4 aliphatic rings. The van der Waals surface area contributed by atoms with Crippen LogP contribution in [0.15, 0.2) is 91.1 Å². The van der Waals surface area contributed by atoms with Crippen molar-refractivity contribution in [2.75, 3.05) is 44.5 Å². The Labute approximate surface area is 342 Å². The molecule has 1 saturated heterocycles. The fourth-order valence-electron chi connectivity index (χ4n) is 9.04. The van der Waals surface area contributed by atoms with Gasteiger partial charge in [-0.3, -0.25) is 24.1 Å². The van der Waals surface area contributed by atoms with E-state index in [-0.39, 0.29) is 42.8 Å². The number of aromatic nitrogens is 3. The average Bonchev–Trinajstić information content (AvgIpc) is 3.97. The number of benzene rings is 4. The number of ether oxygens (including phenoxy) is 3. The number of phenols is 1. The molecular weight excluding hydrogens is 756 g/mol. The predicted molar refractivity (Wildman–Crippen MR) is 223 cm³/mol. The zero-order chi connectivity index (χ0) is 38.6. The van der Waals surface area contributed by atoms with Crippen LogP contribution in [-0.4, -0.2) is 86.8 Å². The summed E-state index contributed by atoms with van der Waals surface area (Å²) >= 11 is 0. The number of fused-ring (bicyclic) bond motifs is 4. The van der Waals surface area contributed by atoms with Crippen LogP contribution in [0.1, 0.15) is 50.4 Å². The van der Waals surface area contributed by atoms with Crippen molar-refractivity contribution in [3.05, 3.63) is 119 Å². The number of aromatic hydroxyl groups is 1. The first kappa shape index (κ1) is 37.7. The van der Waals surface area contributed by atoms with Crippen molar-refractivity contribution < 1.29 is 28.9 Å². The third-order valence-electron chi connectivity index (χ3n) is 12.0. The molecule has 0 spiro atoms. The van der Waals surface area contributed by atoms with E-state index in [0.29, 0.717) is 72.3 Å². The van der Waals surface area contributed by atoms with Crippen molar-refractivity contribution in [2.45, 2.75) is 44.8 Å². The molecule has 1 fully saturated rings. The number of phenolic OH excluding ortho intramolecular Hbond substituents is 1. The van der Waals surface area contributed by atoms with Crippen LogP contribution in [0.5, 0.6) is 17.2 Å². The molecule has 4 aliphatic heterocycles. The molecule has 0 bridgehead atoms. The molecule has 2 amide bonds. The molecule has 10 rings (SSSR count). The van der Waals surface area contributed by atoms with E-state index in [2.05, 4.69) is 32.8 Å². The van der Waals surface area contributed by atoms with Gasteiger partial charge in [-0.2, -0.15) is 5.10 Å². The fraction of sp³-hybridized carbons (Fsp3) is 0.311. The van der Waals surface area contributed by atoms with Crippen LogP contribution in [-0.2, 0) is 37.7 Å². The topological polar surface area (TPSA) is 115 Å². The van der Waals surface area contributed by atoms with Crippen LogP contribution in [0.4, 0.5) is 11.4 Å². The zero-order valence-electron chi connectivity index (χ0n) is 32.3. The van der Waals surface area contributed by atoms with E-state index in [1.807, 2.05) is 54.4 Å². The van der Waals surface area contributed by atoms with Crippen molar-refractivity contribution in [1.29, 1.82) is 0 Å². The first-order valence-electron chi connectivity index (χ1n) is 19.8. The van der Waals surface area contributed by atoms with Gasteiger partial charge in [-0.05, 0) is 97.5 Å². The molecule has 1 atom stereocenters. The molecule has 4 aromatic carbocycles. The highest BCUT2D eigenvalue weighted by atomic mass is 35.5. The van der Waals surface area contributed by atoms with Gasteiger partial charge in [-0.15, -0.1) is 12.4 Å². The number of aryl methyl sites for hydroxylation is 1. The highest BCUT2D eigenvalue weighted by molar-refractivity contribution is 6.13. The Bertz CT molecular complexity index is 2530. The minimum atomic E-state index is -0.201. The summed E-state index contributed by atoms with van der Waals surface area (Å²) in [7, 11) is 1.89. The summed E-state index contributed by atoms with van der Waals surface area (Å²) in [6.07, 6.45) is 5.15. The van der Waals surface area contributed by atoms with Gasteiger partial charge in [0.05, 0.1) is 41.7 Å². The molecule has 2 aromatic heterocycles. The third kappa shape index (κ3) is 6.74. The Morgan fingerprint density at radius 1 is 0.862 bits per heavy atom. The van der Waals surface area contributed by atoms with Crippen molar-refractivity contribution in [3.63, 3.8) is 0 Å². The monoisotopic (exact) mass is 800 g/mol. The van der Waals surface area contributed by atoms with E-state index in [4.69, 9.17) is 14.2 Å².